The Kier molecular flexibility index (Phi) is 5.54. The van der Waals surface area contributed by atoms with Gasteiger partial charge in [-0.2, -0.15) is 0 Å². The molecule has 1 saturated heterocycles. The first-order valence-corrected chi connectivity index (χ1v) is 8.74. The molecule has 2 heterocycles. The van der Waals surface area contributed by atoms with E-state index in [9.17, 15) is 14.4 Å². The van der Waals surface area contributed by atoms with Crippen molar-refractivity contribution < 1.29 is 23.6 Å². The number of benzene rings is 1. The SMILES string of the molecule is CC(=O)Oc1cccc(C(=O)N2CCC(NC(=O)c3cc(C)on3)CC2)c1. The minimum Gasteiger partial charge on any atom is -0.427 e. The van der Waals surface area contributed by atoms with E-state index in [0.29, 0.717) is 43.0 Å². The van der Waals surface area contributed by atoms with Crippen LogP contribution in [0.5, 0.6) is 5.75 Å². The van der Waals surface area contributed by atoms with Crippen molar-refractivity contribution in [2.75, 3.05) is 13.1 Å². The van der Waals surface area contributed by atoms with Crippen LogP contribution >= 0.6 is 0 Å². The molecular weight excluding hydrogens is 350 g/mol. The van der Waals surface area contributed by atoms with Crippen LogP contribution in [0.4, 0.5) is 0 Å². The standard InChI is InChI=1S/C19H21N3O5/c1-12-10-17(21-27-12)18(24)20-15-6-8-22(9-7-15)19(25)14-4-3-5-16(11-14)26-13(2)23/h3-5,10-11,15H,6-9H2,1-2H3,(H,20,24). The van der Waals surface area contributed by atoms with E-state index in [1.165, 1.54) is 6.92 Å². The molecule has 1 fully saturated rings. The molecule has 27 heavy (non-hydrogen) atoms. The molecule has 0 bridgehead atoms. The van der Waals surface area contributed by atoms with Gasteiger partial charge in [-0.1, -0.05) is 11.2 Å². The fourth-order valence-electron chi connectivity index (χ4n) is 3.00. The number of piperidine rings is 1. The third kappa shape index (κ3) is 4.72. The lowest BCUT2D eigenvalue weighted by atomic mass is 10.0. The number of aryl methyl sites for hydroxylation is 1. The van der Waals surface area contributed by atoms with Crippen molar-refractivity contribution in [3.05, 3.63) is 47.3 Å². The minimum absolute atomic E-state index is 0.0223. The summed E-state index contributed by atoms with van der Waals surface area (Å²) in [5.41, 5.74) is 0.725. The van der Waals surface area contributed by atoms with Gasteiger partial charge in [-0.15, -0.1) is 0 Å². The van der Waals surface area contributed by atoms with E-state index < -0.39 is 5.97 Å². The van der Waals surface area contributed by atoms with Gasteiger partial charge in [0.15, 0.2) is 5.69 Å². The van der Waals surface area contributed by atoms with Gasteiger partial charge in [-0.25, -0.2) is 0 Å². The van der Waals surface area contributed by atoms with Gasteiger partial charge in [0.05, 0.1) is 0 Å². The first-order chi connectivity index (χ1) is 12.9. The molecule has 2 amide bonds. The number of carbonyl (C=O) groups is 3. The average molecular weight is 371 g/mol. The van der Waals surface area contributed by atoms with Crippen molar-refractivity contribution in [1.29, 1.82) is 0 Å². The van der Waals surface area contributed by atoms with Crippen molar-refractivity contribution >= 4 is 17.8 Å². The van der Waals surface area contributed by atoms with Crippen molar-refractivity contribution in [2.24, 2.45) is 0 Å². The molecule has 0 aliphatic carbocycles. The first kappa shape index (κ1) is 18.6. The highest BCUT2D eigenvalue weighted by Crippen LogP contribution is 2.18. The Hall–Kier alpha value is -3.16. The summed E-state index contributed by atoms with van der Waals surface area (Å²) in [5, 5.41) is 6.63. The monoisotopic (exact) mass is 371 g/mol. The lowest BCUT2D eigenvalue weighted by molar-refractivity contribution is -0.131. The number of nitrogens with zero attached hydrogens (tertiary/aromatic N) is 2. The maximum absolute atomic E-state index is 12.7. The number of amides is 2. The smallest absolute Gasteiger partial charge is 0.308 e. The maximum atomic E-state index is 12.7. The molecule has 0 unspecified atom stereocenters. The molecule has 0 radical (unpaired) electrons. The van der Waals surface area contributed by atoms with Gasteiger partial charge in [0.1, 0.15) is 11.5 Å². The van der Waals surface area contributed by atoms with Gasteiger partial charge in [0, 0.05) is 37.7 Å². The van der Waals surface area contributed by atoms with Gasteiger partial charge >= 0.3 is 5.97 Å². The lowest BCUT2D eigenvalue weighted by Gasteiger charge is -2.32. The van der Waals surface area contributed by atoms with E-state index in [-0.39, 0.29) is 23.6 Å². The Balaban J connectivity index is 1.55. The molecule has 3 rings (SSSR count). The zero-order valence-corrected chi connectivity index (χ0v) is 15.2. The van der Waals surface area contributed by atoms with E-state index in [0.717, 1.165) is 0 Å². The second kappa shape index (κ2) is 8.03. The maximum Gasteiger partial charge on any atom is 0.308 e. The zero-order valence-electron chi connectivity index (χ0n) is 15.2. The second-order valence-corrected chi connectivity index (χ2v) is 6.48. The molecule has 2 aromatic rings. The van der Waals surface area contributed by atoms with Crippen molar-refractivity contribution in [1.82, 2.24) is 15.4 Å². The fraction of sp³-hybridized carbons (Fsp3) is 0.368. The summed E-state index contributed by atoms with van der Waals surface area (Å²) in [6, 6.07) is 8.13. The molecule has 0 atom stereocenters. The van der Waals surface area contributed by atoms with Crippen LogP contribution in [0.2, 0.25) is 0 Å². The van der Waals surface area contributed by atoms with Gasteiger partial charge in [-0.05, 0) is 38.0 Å². The Morgan fingerprint density at radius 1 is 1.22 bits per heavy atom. The molecule has 1 aromatic heterocycles. The molecule has 1 aliphatic heterocycles. The lowest BCUT2D eigenvalue weighted by Crippen LogP contribution is -2.46. The minimum atomic E-state index is -0.432. The van der Waals surface area contributed by atoms with E-state index in [2.05, 4.69) is 10.5 Å². The normalized spacial score (nSPS) is 14.7. The molecule has 1 aliphatic rings. The summed E-state index contributed by atoms with van der Waals surface area (Å²) in [7, 11) is 0. The molecule has 0 saturated carbocycles. The molecular formula is C19H21N3O5. The summed E-state index contributed by atoms with van der Waals surface area (Å²) in [4.78, 5) is 37.6. The Bertz CT molecular complexity index is 853. The summed E-state index contributed by atoms with van der Waals surface area (Å²) in [6.45, 7) is 4.09. The van der Waals surface area contributed by atoms with Crippen molar-refractivity contribution in [3.63, 3.8) is 0 Å². The van der Waals surface area contributed by atoms with Crippen LogP contribution in [0.3, 0.4) is 0 Å². The molecule has 8 nitrogen and oxygen atoms in total. The predicted octanol–water partition coefficient (Wildman–Crippen LogP) is 1.94. The van der Waals surface area contributed by atoms with E-state index in [4.69, 9.17) is 9.26 Å². The summed E-state index contributed by atoms with van der Waals surface area (Å²) in [6.07, 6.45) is 1.30. The number of likely N-dealkylation sites (tertiary alicyclic amines) is 1. The van der Waals surface area contributed by atoms with E-state index in [1.807, 2.05) is 0 Å². The van der Waals surface area contributed by atoms with Crippen LogP contribution < -0.4 is 10.1 Å². The highest BCUT2D eigenvalue weighted by Gasteiger charge is 2.25. The fourth-order valence-corrected chi connectivity index (χ4v) is 3.00. The first-order valence-electron chi connectivity index (χ1n) is 8.74. The molecule has 142 valence electrons. The quantitative estimate of drug-likeness (QED) is 0.651. The summed E-state index contributed by atoms with van der Waals surface area (Å²) in [5.74, 6) is 0.0972. The number of aromatic nitrogens is 1. The highest BCUT2D eigenvalue weighted by molar-refractivity contribution is 5.95. The van der Waals surface area contributed by atoms with Gasteiger partial charge in [0.25, 0.3) is 11.8 Å². The summed E-state index contributed by atoms with van der Waals surface area (Å²) >= 11 is 0. The summed E-state index contributed by atoms with van der Waals surface area (Å²) < 4.78 is 9.94. The second-order valence-electron chi connectivity index (χ2n) is 6.48. The van der Waals surface area contributed by atoms with Crippen LogP contribution in [-0.4, -0.2) is 47.0 Å². The number of carbonyl (C=O) groups excluding carboxylic acids is 3. The number of esters is 1. The Morgan fingerprint density at radius 3 is 2.59 bits per heavy atom. The average Bonchev–Trinajstić information content (AvgIpc) is 3.08. The van der Waals surface area contributed by atoms with Crippen molar-refractivity contribution in [2.45, 2.75) is 32.7 Å². The third-order valence-electron chi connectivity index (χ3n) is 4.32. The van der Waals surface area contributed by atoms with Gasteiger partial charge in [0.2, 0.25) is 0 Å². The Labute approximate surface area is 156 Å². The number of ether oxygens (including phenoxy) is 1. The Morgan fingerprint density at radius 2 is 1.96 bits per heavy atom. The number of hydrogen-bond donors (Lipinski definition) is 1. The highest BCUT2D eigenvalue weighted by atomic mass is 16.5. The zero-order chi connectivity index (χ0) is 19.4. The largest absolute Gasteiger partial charge is 0.427 e. The third-order valence-corrected chi connectivity index (χ3v) is 4.32. The number of nitrogens with one attached hydrogen (secondary N) is 1. The predicted molar refractivity (Wildman–Crippen MR) is 95.4 cm³/mol. The van der Waals surface area contributed by atoms with Crippen LogP contribution in [-0.2, 0) is 4.79 Å². The van der Waals surface area contributed by atoms with Crippen molar-refractivity contribution in [3.8, 4) is 5.75 Å². The molecule has 1 N–H and O–H groups in total. The van der Waals surface area contributed by atoms with Crippen LogP contribution in [0.1, 0.15) is 46.4 Å². The van der Waals surface area contributed by atoms with Crippen LogP contribution in [0, 0.1) is 6.92 Å². The molecule has 8 heteroatoms. The van der Waals surface area contributed by atoms with Crippen LogP contribution in [0.25, 0.3) is 0 Å². The van der Waals surface area contributed by atoms with Gasteiger partial charge in [-0.3, -0.25) is 14.4 Å². The number of hydrogen-bond acceptors (Lipinski definition) is 6. The molecule has 0 spiro atoms. The molecule has 1 aromatic carbocycles. The number of rotatable bonds is 4. The van der Waals surface area contributed by atoms with Gasteiger partial charge < -0.3 is 19.5 Å². The van der Waals surface area contributed by atoms with Crippen LogP contribution in [0.15, 0.2) is 34.9 Å². The topological polar surface area (TPSA) is 102 Å². The van der Waals surface area contributed by atoms with E-state index >= 15 is 0 Å². The van der Waals surface area contributed by atoms with E-state index in [1.54, 1.807) is 42.2 Å².